The van der Waals surface area contributed by atoms with E-state index >= 15 is 0 Å². The molecule has 0 heterocycles. The molecule has 7 heteroatoms. The predicted molar refractivity (Wildman–Crippen MR) is 64.0 cm³/mol. The highest BCUT2D eigenvalue weighted by molar-refractivity contribution is 7.89. The molecule has 0 unspecified atom stereocenters. The van der Waals surface area contributed by atoms with E-state index in [9.17, 15) is 8.42 Å². The van der Waals surface area contributed by atoms with Gasteiger partial charge in [0.1, 0.15) is 5.84 Å². The van der Waals surface area contributed by atoms with Crippen LogP contribution in [0.25, 0.3) is 0 Å². The lowest BCUT2D eigenvalue weighted by atomic mass is 10.4. The highest BCUT2D eigenvalue weighted by Gasteiger charge is 2.25. The number of nitrogens with zero attached hydrogens (tertiary/aromatic N) is 1. The van der Waals surface area contributed by atoms with Crippen LogP contribution in [0.5, 0.6) is 0 Å². The van der Waals surface area contributed by atoms with Gasteiger partial charge in [-0.1, -0.05) is 0 Å². The average molecular weight is 251 g/mol. The zero-order valence-electron chi connectivity index (χ0n) is 10.1. The molecule has 0 rings (SSSR count). The van der Waals surface area contributed by atoms with Crippen molar-refractivity contribution in [3.63, 3.8) is 0 Å². The highest BCUT2D eigenvalue weighted by atomic mass is 32.2. The lowest BCUT2D eigenvalue weighted by molar-refractivity contribution is 0.162. The van der Waals surface area contributed by atoms with Gasteiger partial charge in [-0.05, 0) is 20.8 Å². The molecule has 0 bridgehead atoms. The Morgan fingerprint density at radius 1 is 1.50 bits per heavy atom. The van der Waals surface area contributed by atoms with Gasteiger partial charge < -0.3 is 10.5 Å². The summed E-state index contributed by atoms with van der Waals surface area (Å²) in [7, 11) is -3.40. The van der Waals surface area contributed by atoms with Crippen molar-refractivity contribution in [2.24, 2.45) is 5.73 Å². The van der Waals surface area contributed by atoms with E-state index in [1.54, 1.807) is 13.8 Å². The van der Waals surface area contributed by atoms with Crippen LogP contribution in [-0.2, 0) is 14.8 Å². The average Bonchev–Trinajstić information content (AvgIpc) is 2.13. The van der Waals surface area contributed by atoms with Gasteiger partial charge in [0.2, 0.25) is 10.0 Å². The molecular weight excluding hydrogens is 230 g/mol. The number of ether oxygens (including phenoxy) is 1. The SMILES string of the molecule is CCOCCS(=O)(=O)N(CC(=N)N)C(C)C. The molecule has 0 aliphatic heterocycles. The van der Waals surface area contributed by atoms with Gasteiger partial charge in [-0.3, -0.25) is 5.41 Å². The number of amidine groups is 1. The Morgan fingerprint density at radius 3 is 2.44 bits per heavy atom. The van der Waals surface area contributed by atoms with Crippen LogP contribution in [-0.4, -0.2) is 50.1 Å². The van der Waals surface area contributed by atoms with Gasteiger partial charge in [0.05, 0.1) is 18.9 Å². The fourth-order valence-corrected chi connectivity index (χ4v) is 2.74. The summed E-state index contributed by atoms with van der Waals surface area (Å²) in [5.41, 5.74) is 5.23. The molecule has 96 valence electrons. The highest BCUT2D eigenvalue weighted by Crippen LogP contribution is 2.07. The maximum atomic E-state index is 11.9. The summed E-state index contributed by atoms with van der Waals surface area (Å²) in [6, 6.07) is -0.212. The van der Waals surface area contributed by atoms with Crippen LogP contribution in [0.3, 0.4) is 0 Å². The summed E-state index contributed by atoms with van der Waals surface area (Å²) in [4.78, 5) is 0. The van der Waals surface area contributed by atoms with E-state index in [0.717, 1.165) is 0 Å². The summed E-state index contributed by atoms with van der Waals surface area (Å²) >= 11 is 0. The van der Waals surface area contributed by atoms with Crippen molar-refractivity contribution in [1.29, 1.82) is 5.41 Å². The van der Waals surface area contributed by atoms with Crippen LogP contribution in [0.2, 0.25) is 0 Å². The van der Waals surface area contributed by atoms with Crippen molar-refractivity contribution in [1.82, 2.24) is 4.31 Å². The van der Waals surface area contributed by atoms with Gasteiger partial charge in [0.25, 0.3) is 0 Å². The van der Waals surface area contributed by atoms with Crippen LogP contribution in [0.1, 0.15) is 20.8 Å². The third-order valence-electron chi connectivity index (χ3n) is 1.95. The van der Waals surface area contributed by atoms with E-state index in [-0.39, 0.29) is 30.8 Å². The van der Waals surface area contributed by atoms with Crippen molar-refractivity contribution in [2.75, 3.05) is 25.5 Å². The van der Waals surface area contributed by atoms with Gasteiger partial charge in [-0.2, -0.15) is 4.31 Å². The summed E-state index contributed by atoms with van der Waals surface area (Å²) in [5.74, 6) is -0.236. The zero-order chi connectivity index (χ0) is 12.8. The molecule has 0 amide bonds. The van der Waals surface area contributed by atoms with Gasteiger partial charge in [0.15, 0.2) is 0 Å². The summed E-state index contributed by atoms with van der Waals surface area (Å²) < 4.78 is 30.0. The van der Waals surface area contributed by atoms with Crippen molar-refractivity contribution in [3.8, 4) is 0 Å². The Kier molecular flexibility index (Phi) is 6.54. The van der Waals surface area contributed by atoms with E-state index in [0.29, 0.717) is 6.61 Å². The number of sulfonamides is 1. The van der Waals surface area contributed by atoms with Crippen LogP contribution < -0.4 is 5.73 Å². The Hall–Kier alpha value is -0.660. The van der Waals surface area contributed by atoms with E-state index in [1.165, 1.54) is 4.31 Å². The van der Waals surface area contributed by atoms with Crippen molar-refractivity contribution in [3.05, 3.63) is 0 Å². The second-order valence-electron chi connectivity index (χ2n) is 3.68. The minimum absolute atomic E-state index is 0.0634. The van der Waals surface area contributed by atoms with Crippen molar-refractivity contribution in [2.45, 2.75) is 26.8 Å². The second kappa shape index (κ2) is 6.82. The molecule has 0 saturated carbocycles. The molecular formula is C9H21N3O3S. The molecule has 16 heavy (non-hydrogen) atoms. The molecule has 0 aromatic carbocycles. The van der Waals surface area contributed by atoms with E-state index in [4.69, 9.17) is 15.9 Å². The van der Waals surface area contributed by atoms with Gasteiger partial charge >= 0.3 is 0 Å². The fraction of sp³-hybridized carbons (Fsp3) is 0.889. The maximum absolute atomic E-state index is 11.9. The topological polar surface area (TPSA) is 96.5 Å². The number of hydrogen-bond donors (Lipinski definition) is 2. The monoisotopic (exact) mass is 251 g/mol. The largest absolute Gasteiger partial charge is 0.387 e. The smallest absolute Gasteiger partial charge is 0.217 e. The Balaban J connectivity index is 4.57. The first-order chi connectivity index (χ1) is 7.31. The number of hydrogen-bond acceptors (Lipinski definition) is 4. The van der Waals surface area contributed by atoms with E-state index < -0.39 is 10.0 Å². The third-order valence-corrected chi connectivity index (χ3v) is 3.90. The maximum Gasteiger partial charge on any atom is 0.217 e. The molecule has 0 aliphatic rings. The second-order valence-corrected chi connectivity index (χ2v) is 5.72. The quantitative estimate of drug-likeness (QED) is 0.360. The summed E-state index contributed by atoms with van der Waals surface area (Å²) in [6.45, 7) is 5.90. The first-order valence-corrected chi connectivity index (χ1v) is 6.82. The van der Waals surface area contributed by atoms with Crippen LogP contribution >= 0.6 is 0 Å². The molecule has 3 N–H and O–H groups in total. The normalized spacial score (nSPS) is 12.3. The lowest BCUT2D eigenvalue weighted by Gasteiger charge is -2.25. The van der Waals surface area contributed by atoms with E-state index in [1.807, 2.05) is 6.92 Å². The minimum Gasteiger partial charge on any atom is -0.387 e. The Bertz CT molecular complexity index is 314. The summed E-state index contributed by atoms with van der Waals surface area (Å²) in [5, 5.41) is 7.15. The van der Waals surface area contributed by atoms with Gasteiger partial charge in [0, 0.05) is 12.6 Å². The fourth-order valence-electron chi connectivity index (χ4n) is 1.20. The molecule has 0 aromatic rings. The number of nitrogens with two attached hydrogens (primary N) is 1. The standard InChI is InChI=1S/C9H21N3O3S/c1-4-15-5-6-16(13,14)12(8(2)3)7-9(10)11/h8H,4-7H2,1-3H3,(H3,10,11). The predicted octanol–water partition coefficient (Wildman–Crippen LogP) is -0.000930. The molecule has 0 saturated heterocycles. The molecule has 6 nitrogen and oxygen atoms in total. The van der Waals surface area contributed by atoms with E-state index in [2.05, 4.69) is 0 Å². The number of rotatable bonds is 8. The minimum atomic E-state index is -3.40. The van der Waals surface area contributed by atoms with Crippen molar-refractivity contribution < 1.29 is 13.2 Å². The number of nitrogens with one attached hydrogen (secondary N) is 1. The van der Waals surface area contributed by atoms with Crippen molar-refractivity contribution >= 4 is 15.9 Å². The third kappa shape index (κ3) is 5.43. The Morgan fingerprint density at radius 2 is 2.06 bits per heavy atom. The molecule has 0 aliphatic carbocycles. The molecule has 0 fully saturated rings. The summed E-state index contributed by atoms with van der Waals surface area (Å²) in [6.07, 6.45) is 0. The molecule has 0 atom stereocenters. The van der Waals surface area contributed by atoms with Crippen LogP contribution in [0.4, 0.5) is 0 Å². The van der Waals surface area contributed by atoms with Gasteiger partial charge in [-0.25, -0.2) is 8.42 Å². The molecule has 0 radical (unpaired) electrons. The van der Waals surface area contributed by atoms with Crippen LogP contribution in [0.15, 0.2) is 0 Å². The lowest BCUT2D eigenvalue weighted by Crippen LogP contribution is -2.44. The first kappa shape index (κ1) is 15.3. The molecule has 0 aromatic heterocycles. The van der Waals surface area contributed by atoms with Gasteiger partial charge in [-0.15, -0.1) is 0 Å². The van der Waals surface area contributed by atoms with Crippen LogP contribution in [0, 0.1) is 5.41 Å². The zero-order valence-corrected chi connectivity index (χ0v) is 10.9. The first-order valence-electron chi connectivity index (χ1n) is 5.21. The Labute approximate surface area is 97.3 Å². The molecule has 0 spiro atoms.